The van der Waals surface area contributed by atoms with Crippen LogP contribution in [0.25, 0.3) is 22.0 Å². The first-order valence-corrected chi connectivity index (χ1v) is 11.9. The molecule has 2 aromatic heterocycles. The lowest BCUT2D eigenvalue weighted by Gasteiger charge is -2.22. The van der Waals surface area contributed by atoms with E-state index in [4.69, 9.17) is 11.6 Å². The van der Waals surface area contributed by atoms with Crippen molar-refractivity contribution < 1.29 is 18.0 Å². The van der Waals surface area contributed by atoms with Crippen LogP contribution in [0.2, 0.25) is 5.02 Å². The fraction of sp³-hybridized carbons (Fsp3) is 0.103. The number of benzene rings is 3. The van der Waals surface area contributed by atoms with E-state index in [1.807, 2.05) is 18.2 Å². The minimum Gasteiger partial charge on any atom is -0.361 e. The van der Waals surface area contributed by atoms with Gasteiger partial charge in [-0.05, 0) is 71.6 Å². The maximum absolute atomic E-state index is 14.0. The number of fused-ring (bicyclic) bond motifs is 1. The Morgan fingerprint density at radius 3 is 2.46 bits per heavy atom. The van der Waals surface area contributed by atoms with Crippen LogP contribution in [0.1, 0.15) is 22.9 Å². The highest BCUT2D eigenvalue weighted by Gasteiger charge is 2.22. The summed E-state index contributed by atoms with van der Waals surface area (Å²) in [6.45, 7) is 0. The molecule has 186 valence electrons. The molecule has 0 radical (unpaired) electrons. The number of rotatable bonds is 7. The fourth-order valence-corrected chi connectivity index (χ4v) is 4.59. The van der Waals surface area contributed by atoms with Gasteiger partial charge in [-0.15, -0.1) is 0 Å². The van der Waals surface area contributed by atoms with Gasteiger partial charge in [0.2, 0.25) is 5.91 Å². The molecule has 0 unspecified atom stereocenters. The Bertz CT molecular complexity index is 1560. The van der Waals surface area contributed by atoms with Crippen molar-refractivity contribution in [3.8, 4) is 11.1 Å². The predicted octanol–water partition coefficient (Wildman–Crippen LogP) is 6.94. The summed E-state index contributed by atoms with van der Waals surface area (Å²) in [7, 11) is 0. The number of hydrogen-bond donors (Lipinski definition) is 2. The number of nitrogens with one attached hydrogen (secondary N) is 2. The van der Waals surface area contributed by atoms with E-state index in [1.54, 1.807) is 36.7 Å². The Morgan fingerprint density at radius 2 is 1.70 bits per heavy atom. The lowest BCUT2D eigenvalue weighted by molar-refractivity contribution is -0.121. The molecular weight excluding hydrogens is 499 g/mol. The molecule has 0 fully saturated rings. The second-order valence-corrected chi connectivity index (χ2v) is 9.16. The van der Waals surface area contributed by atoms with Crippen LogP contribution in [0.4, 0.5) is 13.2 Å². The van der Waals surface area contributed by atoms with Crippen LogP contribution in [0.5, 0.6) is 0 Å². The molecule has 0 bridgehead atoms. The van der Waals surface area contributed by atoms with Crippen LogP contribution in [0.15, 0.2) is 85.2 Å². The van der Waals surface area contributed by atoms with E-state index in [0.717, 1.165) is 17.2 Å². The number of carbonyl (C=O) groups is 1. The zero-order valence-corrected chi connectivity index (χ0v) is 20.2. The van der Waals surface area contributed by atoms with Gasteiger partial charge in [-0.3, -0.25) is 9.78 Å². The lowest BCUT2D eigenvalue weighted by atomic mass is 9.95. The Balaban J connectivity index is 1.49. The SMILES string of the molecule is O=C(Cc1c[nH]c2ccc(F)cc12)N[C@@H](Cc1cc(F)cc(F)c1)c1ncccc1-c1ccc(Cl)cc1. The third-order valence-corrected chi connectivity index (χ3v) is 6.35. The van der Waals surface area contributed by atoms with Gasteiger partial charge in [0.25, 0.3) is 0 Å². The van der Waals surface area contributed by atoms with Crippen molar-refractivity contribution in [3.05, 3.63) is 124 Å². The molecule has 0 aliphatic heterocycles. The van der Waals surface area contributed by atoms with Gasteiger partial charge in [-0.1, -0.05) is 29.8 Å². The third kappa shape index (κ3) is 5.67. The molecule has 37 heavy (non-hydrogen) atoms. The van der Waals surface area contributed by atoms with Gasteiger partial charge in [-0.25, -0.2) is 13.2 Å². The average Bonchev–Trinajstić information content (AvgIpc) is 3.25. The molecule has 0 spiro atoms. The highest BCUT2D eigenvalue weighted by atomic mass is 35.5. The summed E-state index contributed by atoms with van der Waals surface area (Å²) >= 11 is 6.06. The van der Waals surface area contributed by atoms with E-state index in [9.17, 15) is 18.0 Å². The number of pyridine rings is 1. The molecule has 2 heterocycles. The monoisotopic (exact) mass is 519 g/mol. The zero-order valence-electron chi connectivity index (χ0n) is 19.4. The molecular formula is C29H21ClF3N3O. The molecule has 0 aliphatic rings. The van der Waals surface area contributed by atoms with E-state index in [2.05, 4.69) is 15.3 Å². The van der Waals surface area contributed by atoms with Crippen LogP contribution in [0, 0.1) is 17.5 Å². The second-order valence-electron chi connectivity index (χ2n) is 8.73. The molecule has 0 saturated heterocycles. The van der Waals surface area contributed by atoms with Crippen LogP contribution < -0.4 is 5.32 Å². The van der Waals surface area contributed by atoms with Crippen molar-refractivity contribution in [1.82, 2.24) is 15.3 Å². The normalized spacial score (nSPS) is 12.0. The highest BCUT2D eigenvalue weighted by Crippen LogP contribution is 2.30. The van der Waals surface area contributed by atoms with Crippen molar-refractivity contribution in [2.45, 2.75) is 18.9 Å². The predicted molar refractivity (Wildman–Crippen MR) is 138 cm³/mol. The summed E-state index contributed by atoms with van der Waals surface area (Å²) in [4.78, 5) is 20.8. The first kappa shape index (κ1) is 24.6. The number of nitrogens with zero attached hydrogens (tertiary/aromatic N) is 1. The van der Waals surface area contributed by atoms with Crippen LogP contribution in [-0.4, -0.2) is 15.9 Å². The number of H-pyrrole nitrogens is 1. The van der Waals surface area contributed by atoms with Gasteiger partial charge >= 0.3 is 0 Å². The van der Waals surface area contributed by atoms with Crippen molar-refractivity contribution in [2.75, 3.05) is 0 Å². The number of aromatic nitrogens is 2. The smallest absolute Gasteiger partial charge is 0.225 e. The molecule has 1 amide bonds. The topological polar surface area (TPSA) is 57.8 Å². The quantitative estimate of drug-likeness (QED) is 0.244. The molecule has 1 atom stereocenters. The standard InChI is InChI=1S/C29H21ClF3N3O/c30-20-5-3-18(4-6-20)24-2-1-9-34-29(24)27(12-17-10-22(32)14-23(33)11-17)36-28(37)13-19-16-35-26-8-7-21(31)15-25(19)26/h1-11,14-16,27,35H,12-13H2,(H,36,37)/t27-/m0/s1. The summed E-state index contributed by atoms with van der Waals surface area (Å²) in [5.74, 6) is -2.17. The minimum atomic E-state index is -0.708. The molecule has 2 N–H and O–H groups in total. The molecule has 0 saturated carbocycles. The summed E-state index contributed by atoms with van der Waals surface area (Å²) in [5, 5.41) is 4.16. The van der Waals surface area contributed by atoms with E-state index in [-0.39, 0.29) is 18.7 Å². The number of amides is 1. The first-order chi connectivity index (χ1) is 17.9. The third-order valence-electron chi connectivity index (χ3n) is 6.10. The van der Waals surface area contributed by atoms with E-state index in [1.165, 1.54) is 24.3 Å². The van der Waals surface area contributed by atoms with Gasteiger partial charge in [0, 0.05) is 39.9 Å². The van der Waals surface area contributed by atoms with Crippen molar-refractivity contribution in [2.24, 2.45) is 0 Å². The summed E-state index contributed by atoms with van der Waals surface area (Å²) < 4.78 is 41.7. The maximum atomic E-state index is 14.0. The molecule has 5 aromatic rings. The van der Waals surface area contributed by atoms with Crippen LogP contribution >= 0.6 is 11.6 Å². The Labute approximate surface area is 216 Å². The average molecular weight is 520 g/mol. The van der Waals surface area contributed by atoms with E-state index >= 15 is 0 Å². The first-order valence-electron chi connectivity index (χ1n) is 11.6. The van der Waals surface area contributed by atoms with Gasteiger partial charge in [0.05, 0.1) is 18.2 Å². The molecule has 4 nitrogen and oxygen atoms in total. The van der Waals surface area contributed by atoms with Crippen LogP contribution in [0.3, 0.4) is 0 Å². The van der Waals surface area contributed by atoms with Crippen LogP contribution in [-0.2, 0) is 17.6 Å². The largest absolute Gasteiger partial charge is 0.361 e. The summed E-state index contributed by atoms with van der Waals surface area (Å²) in [6, 6.07) is 17.7. The van der Waals surface area contributed by atoms with Crippen molar-refractivity contribution in [1.29, 1.82) is 0 Å². The molecule has 3 aromatic carbocycles. The van der Waals surface area contributed by atoms with E-state index in [0.29, 0.717) is 32.7 Å². The molecule has 5 rings (SSSR count). The van der Waals surface area contributed by atoms with E-state index < -0.39 is 23.5 Å². The second kappa shape index (κ2) is 10.5. The number of aromatic amines is 1. The Kier molecular flexibility index (Phi) is 6.97. The maximum Gasteiger partial charge on any atom is 0.225 e. The lowest BCUT2D eigenvalue weighted by Crippen LogP contribution is -2.32. The summed E-state index contributed by atoms with van der Waals surface area (Å²) in [5.41, 5.74) is 3.81. The molecule has 8 heteroatoms. The number of halogens is 4. The Morgan fingerprint density at radius 1 is 0.946 bits per heavy atom. The van der Waals surface area contributed by atoms with Gasteiger partial charge < -0.3 is 10.3 Å². The van der Waals surface area contributed by atoms with Crippen molar-refractivity contribution >= 4 is 28.4 Å². The zero-order chi connectivity index (χ0) is 25.9. The summed E-state index contributed by atoms with van der Waals surface area (Å²) in [6.07, 6.45) is 3.34. The minimum absolute atomic E-state index is 0.0272. The van der Waals surface area contributed by atoms with Gasteiger partial charge in [-0.2, -0.15) is 0 Å². The van der Waals surface area contributed by atoms with Gasteiger partial charge in [0.1, 0.15) is 17.5 Å². The van der Waals surface area contributed by atoms with Crippen molar-refractivity contribution in [3.63, 3.8) is 0 Å². The van der Waals surface area contributed by atoms with Gasteiger partial charge in [0.15, 0.2) is 0 Å². The fourth-order valence-electron chi connectivity index (χ4n) is 4.46. The number of hydrogen-bond acceptors (Lipinski definition) is 2. The number of carbonyl (C=O) groups excluding carboxylic acids is 1. The highest BCUT2D eigenvalue weighted by molar-refractivity contribution is 6.30. The Hall–Kier alpha value is -4.10. The molecule has 0 aliphatic carbocycles.